The number of para-hydroxylation sites is 1. The molecular weight excluding hydrogens is 316 g/mol. The van der Waals surface area contributed by atoms with Gasteiger partial charge in [-0.2, -0.15) is 0 Å². The highest BCUT2D eigenvalue weighted by Crippen LogP contribution is 2.29. The fraction of sp³-hybridized carbons (Fsp3) is 0.188. The minimum Gasteiger partial charge on any atom is -0.497 e. The Bertz CT molecular complexity index is 747. The minimum absolute atomic E-state index is 0.107. The number of nitro benzene ring substituents is 1. The fourth-order valence-corrected chi connectivity index (χ4v) is 2.01. The van der Waals surface area contributed by atoms with Crippen LogP contribution in [-0.2, 0) is 11.3 Å². The third kappa shape index (κ3) is 4.13. The van der Waals surface area contributed by atoms with Crippen LogP contribution >= 0.6 is 0 Å². The summed E-state index contributed by atoms with van der Waals surface area (Å²) >= 11 is 0. The number of rotatable bonds is 6. The summed E-state index contributed by atoms with van der Waals surface area (Å²) in [5.41, 5.74) is 0.559. The van der Waals surface area contributed by atoms with Crippen LogP contribution in [0.1, 0.15) is 5.56 Å². The van der Waals surface area contributed by atoms with Crippen molar-refractivity contribution >= 4 is 17.5 Å². The summed E-state index contributed by atoms with van der Waals surface area (Å²) in [6, 6.07) is 10.9. The zero-order chi connectivity index (χ0) is 17.5. The summed E-state index contributed by atoms with van der Waals surface area (Å²) in [5, 5.41) is 13.4. The lowest BCUT2D eigenvalue weighted by atomic mass is 10.2. The fourth-order valence-electron chi connectivity index (χ4n) is 2.01. The second-order valence-electron chi connectivity index (χ2n) is 4.65. The second kappa shape index (κ2) is 7.82. The number of nitro groups is 1. The summed E-state index contributed by atoms with van der Waals surface area (Å²) < 4.78 is 15.3. The number of amides is 1. The van der Waals surface area contributed by atoms with Crippen LogP contribution in [0.3, 0.4) is 0 Å². The molecule has 0 aromatic heterocycles. The number of nitrogens with one attached hydrogen (secondary N) is 1. The first kappa shape index (κ1) is 17.1. The van der Waals surface area contributed by atoms with Gasteiger partial charge in [0.25, 0.3) is 5.69 Å². The van der Waals surface area contributed by atoms with Crippen molar-refractivity contribution in [1.29, 1.82) is 0 Å². The van der Waals surface area contributed by atoms with Gasteiger partial charge < -0.3 is 14.2 Å². The van der Waals surface area contributed by atoms with E-state index in [0.717, 1.165) is 0 Å². The molecule has 8 heteroatoms. The highest BCUT2D eigenvalue weighted by Gasteiger charge is 2.15. The van der Waals surface area contributed by atoms with E-state index in [9.17, 15) is 14.9 Å². The van der Waals surface area contributed by atoms with Crippen molar-refractivity contribution in [2.24, 2.45) is 0 Å². The van der Waals surface area contributed by atoms with Gasteiger partial charge >= 0.3 is 6.09 Å². The van der Waals surface area contributed by atoms with Crippen LogP contribution in [0.25, 0.3) is 0 Å². The van der Waals surface area contributed by atoms with Crippen molar-refractivity contribution in [2.75, 3.05) is 19.5 Å². The first-order valence-electron chi connectivity index (χ1n) is 6.93. The predicted molar refractivity (Wildman–Crippen MR) is 86.5 cm³/mol. The smallest absolute Gasteiger partial charge is 0.412 e. The summed E-state index contributed by atoms with van der Waals surface area (Å²) in [6.07, 6.45) is -0.764. The van der Waals surface area contributed by atoms with Crippen molar-refractivity contribution in [2.45, 2.75) is 6.61 Å². The molecule has 0 saturated carbocycles. The molecule has 0 aliphatic carbocycles. The molecule has 0 unspecified atom stereocenters. The molecule has 0 spiro atoms. The van der Waals surface area contributed by atoms with Crippen LogP contribution < -0.4 is 14.8 Å². The van der Waals surface area contributed by atoms with Crippen molar-refractivity contribution in [3.63, 3.8) is 0 Å². The highest BCUT2D eigenvalue weighted by atomic mass is 16.6. The van der Waals surface area contributed by atoms with Gasteiger partial charge in [0, 0.05) is 12.1 Å². The topological polar surface area (TPSA) is 99.9 Å². The van der Waals surface area contributed by atoms with E-state index in [1.807, 2.05) is 0 Å². The predicted octanol–water partition coefficient (Wildman–Crippen LogP) is 3.36. The van der Waals surface area contributed by atoms with Gasteiger partial charge in [0.15, 0.2) is 0 Å². The Hall–Kier alpha value is -3.29. The molecular formula is C16H16N2O6. The maximum Gasteiger partial charge on any atom is 0.412 e. The van der Waals surface area contributed by atoms with E-state index in [2.05, 4.69) is 5.32 Å². The van der Waals surface area contributed by atoms with E-state index in [0.29, 0.717) is 22.7 Å². The Kier molecular flexibility index (Phi) is 5.56. The van der Waals surface area contributed by atoms with Gasteiger partial charge in [-0.25, -0.2) is 4.79 Å². The molecule has 8 nitrogen and oxygen atoms in total. The number of carbonyl (C=O) groups excluding carboxylic acids is 1. The Labute approximate surface area is 138 Å². The molecule has 1 N–H and O–H groups in total. The lowest BCUT2D eigenvalue weighted by molar-refractivity contribution is -0.385. The number of anilines is 1. The van der Waals surface area contributed by atoms with Crippen molar-refractivity contribution in [3.05, 3.63) is 58.1 Å². The van der Waals surface area contributed by atoms with Crippen LogP contribution in [0.4, 0.5) is 16.2 Å². The number of hydrogen-bond acceptors (Lipinski definition) is 6. The summed E-state index contributed by atoms with van der Waals surface area (Å²) in [4.78, 5) is 22.3. The lowest BCUT2D eigenvalue weighted by Gasteiger charge is -2.12. The number of methoxy groups -OCH3 is 2. The largest absolute Gasteiger partial charge is 0.497 e. The highest BCUT2D eigenvalue weighted by molar-refractivity contribution is 5.87. The van der Waals surface area contributed by atoms with E-state index in [-0.39, 0.29) is 12.3 Å². The zero-order valence-corrected chi connectivity index (χ0v) is 13.1. The normalized spacial score (nSPS) is 9.92. The van der Waals surface area contributed by atoms with Gasteiger partial charge in [0.1, 0.15) is 18.1 Å². The van der Waals surface area contributed by atoms with Crippen molar-refractivity contribution < 1.29 is 23.9 Å². The Morgan fingerprint density at radius 1 is 1.17 bits per heavy atom. The SMILES string of the molecule is COc1ccc(OC)c(NC(=O)OCc2ccccc2[N+](=O)[O-])c1. The molecule has 0 radical (unpaired) electrons. The van der Waals surface area contributed by atoms with Gasteiger partial charge in [0.2, 0.25) is 0 Å². The van der Waals surface area contributed by atoms with Crippen LogP contribution in [0.15, 0.2) is 42.5 Å². The van der Waals surface area contributed by atoms with Crippen LogP contribution in [0.2, 0.25) is 0 Å². The number of hydrogen-bond donors (Lipinski definition) is 1. The van der Waals surface area contributed by atoms with Crippen molar-refractivity contribution in [1.82, 2.24) is 0 Å². The van der Waals surface area contributed by atoms with Crippen LogP contribution in [-0.4, -0.2) is 25.2 Å². The molecule has 0 aliphatic rings. The Morgan fingerprint density at radius 3 is 2.58 bits per heavy atom. The van der Waals surface area contributed by atoms with Gasteiger partial charge in [-0.15, -0.1) is 0 Å². The molecule has 0 saturated heterocycles. The van der Waals surface area contributed by atoms with Gasteiger partial charge in [-0.1, -0.05) is 12.1 Å². The third-order valence-corrected chi connectivity index (χ3v) is 3.19. The Morgan fingerprint density at radius 2 is 1.92 bits per heavy atom. The van der Waals surface area contributed by atoms with Gasteiger partial charge in [0.05, 0.1) is 30.4 Å². The molecule has 2 aromatic rings. The molecule has 1 amide bonds. The first-order chi connectivity index (χ1) is 11.5. The molecule has 0 atom stereocenters. The van der Waals surface area contributed by atoms with E-state index < -0.39 is 11.0 Å². The molecule has 0 fully saturated rings. The van der Waals surface area contributed by atoms with Gasteiger partial charge in [-0.3, -0.25) is 15.4 Å². The summed E-state index contributed by atoms with van der Waals surface area (Å²) in [5.74, 6) is 0.961. The van der Waals surface area contributed by atoms with Crippen molar-refractivity contribution in [3.8, 4) is 11.5 Å². The number of benzene rings is 2. The molecule has 24 heavy (non-hydrogen) atoms. The quantitative estimate of drug-likeness (QED) is 0.643. The second-order valence-corrected chi connectivity index (χ2v) is 4.65. The number of nitrogens with zero attached hydrogens (tertiary/aromatic N) is 1. The molecule has 0 heterocycles. The van der Waals surface area contributed by atoms with Crippen LogP contribution in [0, 0.1) is 10.1 Å². The van der Waals surface area contributed by atoms with E-state index >= 15 is 0 Å². The number of carbonyl (C=O) groups is 1. The average Bonchev–Trinajstić information content (AvgIpc) is 2.60. The maximum atomic E-state index is 11.9. The average molecular weight is 332 g/mol. The number of ether oxygens (including phenoxy) is 3. The molecule has 126 valence electrons. The summed E-state index contributed by atoms with van der Waals surface area (Å²) in [6.45, 7) is -0.227. The molecule has 0 aliphatic heterocycles. The van der Waals surface area contributed by atoms with E-state index in [1.54, 1.807) is 30.3 Å². The molecule has 2 aromatic carbocycles. The summed E-state index contributed by atoms with van der Waals surface area (Å²) in [7, 11) is 2.96. The minimum atomic E-state index is -0.764. The molecule has 2 rings (SSSR count). The monoisotopic (exact) mass is 332 g/mol. The lowest BCUT2D eigenvalue weighted by Crippen LogP contribution is -2.14. The van der Waals surface area contributed by atoms with E-state index in [1.165, 1.54) is 26.4 Å². The first-order valence-corrected chi connectivity index (χ1v) is 6.93. The van der Waals surface area contributed by atoms with E-state index in [4.69, 9.17) is 14.2 Å². The molecule has 0 bridgehead atoms. The zero-order valence-electron chi connectivity index (χ0n) is 13.1. The third-order valence-electron chi connectivity index (χ3n) is 3.19. The Balaban J connectivity index is 2.06. The van der Waals surface area contributed by atoms with Crippen LogP contribution in [0.5, 0.6) is 11.5 Å². The van der Waals surface area contributed by atoms with Gasteiger partial charge in [-0.05, 0) is 18.2 Å². The maximum absolute atomic E-state index is 11.9. The standard InChI is InChI=1S/C16H16N2O6/c1-22-12-7-8-15(23-2)13(9-12)17-16(19)24-10-11-5-3-4-6-14(11)18(20)21/h3-9H,10H2,1-2H3,(H,17,19).